The minimum Gasteiger partial charge on any atom is -0.393 e. The SMILES string of the molecule is Nc1c(Nc2ccc(Cl)c(Cl)c2)ncnc1-n1cnc2ccccc21. The third-order valence-electron chi connectivity index (χ3n) is 3.73. The number of hydrogen-bond donors (Lipinski definition) is 2. The summed E-state index contributed by atoms with van der Waals surface area (Å²) in [5, 5.41) is 4.06. The van der Waals surface area contributed by atoms with Crippen molar-refractivity contribution in [3.05, 3.63) is 65.2 Å². The van der Waals surface area contributed by atoms with Crippen LogP contribution in [0, 0.1) is 0 Å². The van der Waals surface area contributed by atoms with E-state index < -0.39 is 0 Å². The van der Waals surface area contributed by atoms with Crippen molar-refractivity contribution in [1.82, 2.24) is 19.5 Å². The molecule has 0 amide bonds. The minimum atomic E-state index is 0.400. The molecule has 4 aromatic rings. The third kappa shape index (κ3) is 2.86. The number of halogens is 2. The predicted octanol–water partition coefficient (Wildman–Crippen LogP) is 4.45. The fourth-order valence-electron chi connectivity index (χ4n) is 2.52. The summed E-state index contributed by atoms with van der Waals surface area (Å²) >= 11 is 12.0. The number of anilines is 3. The van der Waals surface area contributed by atoms with Gasteiger partial charge in [0.05, 0.1) is 21.1 Å². The van der Waals surface area contributed by atoms with Gasteiger partial charge in [0.25, 0.3) is 0 Å². The second-order valence-electron chi connectivity index (χ2n) is 5.32. The highest BCUT2D eigenvalue weighted by Crippen LogP contribution is 2.30. The van der Waals surface area contributed by atoms with E-state index in [2.05, 4.69) is 20.3 Å². The van der Waals surface area contributed by atoms with E-state index >= 15 is 0 Å². The first kappa shape index (κ1) is 15.7. The molecule has 2 aromatic carbocycles. The number of nitrogens with two attached hydrogens (primary N) is 1. The number of para-hydroxylation sites is 2. The average molecular weight is 371 g/mol. The average Bonchev–Trinajstić information content (AvgIpc) is 3.04. The summed E-state index contributed by atoms with van der Waals surface area (Å²) < 4.78 is 1.83. The molecule has 2 heterocycles. The Labute approximate surface area is 153 Å². The van der Waals surface area contributed by atoms with E-state index in [9.17, 15) is 0 Å². The molecule has 0 fully saturated rings. The maximum absolute atomic E-state index is 6.29. The monoisotopic (exact) mass is 370 g/mol. The summed E-state index contributed by atoms with van der Waals surface area (Å²) in [7, 11) is 0. The lowest BCUT2D eigenvalue weighted by molar-refractivity contribution is 1.00. The maximum atomic E-state index is 6.29. The van der Waals surface area contributed by atoms with Crippen molar-refractivity contribution in [2.24, 2.45) is 0 Å². The van der Waals surface area contributed by atoms with Crippen LogP contribution in [0.1, 0.15) is 0 Å². The highest BCUT2D eigenvalue weighted by atomic mass is 35.5. The number of fused-ring (bicyclic) bond motifs is 1. The fraction of sp³-hybridized carbons (Fsp3) is 0. The van der Waals surface area contributed by atoms with Gasteiger partial charge in [0.1, 0.15) is 18.3 Å². The first-order valence-corrected chi connectivity index (χ1v) is 8.14. The molecule has 0 unspecified atom stereocenters. The minimum absolute atomic E-state index is 0.400. The highest BCUT2D eigenvalue weighted by Gasteiger charge is 2.13. The molecule has 124 valence electrons. The van der Waals surface area contributed by atoms with E-state index in [1.165, 1.54) is 6.33 Å². The second kappa shape index (κ2) is 6.23. The molecule has 0 bridgehead atoms. The smallest absolute Gasteiger partial charge is 0.167 e. The van der Waals surface area contributed by atoms with E-state index in [0.29, 0.717) is 27.4 Å². The van der Waals surface area contributed by atoms with Crippen molar-refractivity contribution < 1.29 is 0 Å². The summed E-state index contributed by atoms with van der Waals surface area (Å²) in [6, 6.07) is 13.0. The predicted molar refractivity (Wildman–Crippen MR) is 101 cm³/mol. The molecule has 0 aliphatic heterocycles. The highest BCUT2D eigenvalue weighted by molar-refractivity contribution is 6.42. The number of rotatable bonds is 3. The number of aromatic nitrogens is 4. The van der Waals surface area contributed by atoms with Crippen molar-refractivity contribution >= 4 is 51.4 Å². The van der Waals surface area contributed by atoms with Crippen LogP contribution in [0.4, 0.5) is 17.2 Å². The van der Waals surface area contributed by atoms with Crippen LogP contribution < -0.4 is 11.1 Å². The summed E-state index contributed by atoms with van der Waals surface area (Å²) in [4.78, 5) is 12.9. The van der Waals surface area contributed by atoms with Gasteiger partial charge in [0.2, 0.25) is 0 Å². The summed E-state index contributed by atoms with van der Waals surface area (Å²) in [6.45, 7) is 0. The van der Waals surface area contributed by atoms with Crippen molar-refractivity contribution in [2.45, 2.75) is 0 Å². The Balaban J connectivity index is 1.76. The Hall–Kier alpha value is -2.83. The van der Waals surface area contributed by atoms with Crippen molar-refractivity contribution in [1.29, 1.82) is 0 Å². The quantitative estimate of drug-likeness (QED) is 0.556. The van der Waals surface area contributed by atoms with Crippen LogP contribution in [0.5, 0.6) is 0 Å². The van der Waals surface area contributed by atoms with E-state index in [4.69, 9.17) is 28.9 Å². The zero-order valence-electron chi connectivity index (χ0n) is 12.8. The van der Waals surface area contributed by atoms with Gasteiger partial charge in [-0.15, -0.1) is 0 Å². The molecular weight excluding hydrogens is 359 g/mol. The van der Waals surface area contributed by atoms with Crippen LogP contribution in [0.2, 0.25) is 10.0 Å². The zero-order chi connectivity index (χ0) is 17.4. The van der Waals surface area contributed by atoms with E-state index in [-0.39, 0.29) is 0 Å². The standard InChI is InChI=1S/C17H12Cl2N6/c18-11-6-5-10(7-12(11)19)24-16-15(20)17(22-8-21-16)25-9-23-13-3-1-2-4-14(13)25/h1-9H,20H2,(H,21,22,24). The van der Waals surface area contributed by atoms with E-state index in [1.54, 1.807) is 24.5 Å². The van der Waals surface area contributed by atoms with Crippen molar-refractivity contribution in [2.75, 3.05) is 11.1 Å². The Morgan fingerprint density at radius 1 is 0.960 bits per heavy atom. The first-order chi connectivity index (χ1) is 12.1. The Morgan fingerprint density at radius 3 is 2.64 bits per heavy atom. The summed E-state index contributed by atoms with van der Waals surface area (Å²) in [5.41, 5.74) is 9.18. The molecule has 8 heteroatoms. The van der Waals surface area contributed by atoms with Gasteiger partial charge in [-0.1, -0.05) is 35.3 Å². The zero-order valence-corrected chi connectivity index (χ0v) is 14.3. The lowest BCUT2D eigenvalue weighted by Crippen LogP contribution is -2.07. The van der Waals surface area contributed by atoms with E-state index in [0.717, 1.165) is 16.7 Å². The number of imidazole rings is 1. The molecule has 4 rings (SSSR count). The maximum Gasteiger partial charge on any atom is 0.167 e. The van der Waals surface area contributed by atoms with Crippen LogP contribution >= 0.6 is 23.2 Å². The molecule has 0 spiro atoms. The number of nitrogens with one attached hydrogen (secondary N) is 1. The molecule has 6 nitrogen and oxygen atoms in total. The fourth-order valence-corrected chi connectivity index (χ4v) is 2.81. The molecule has 0 aliphatic carbocycles. The second-order valence-corrected chi connectivity index (χ2v) is 6.13. The van der Waals surface area contributed by atoms with Crippen LogP contribution in [-0.2, 0) is 0 Å². The number of benzene rings is 2. The van der Waals surface area contributed by atoms with E-state index in [1.807, 2.05) is 28.8 Å². The Bertz CT molecular complexity index is 1080. The van der Waals surface area contributed by atoms with Gasteiger partial charge < -0.3 is 11.1 Å². The van der Waals surface area contributed by atoms with Crippen molar-refractivity contribution in [3.8, 4) is 5.82 Å². The van der Waals surface area contributed by atoms with Gasteiger partial charge in [-0.25, -0.2) is 15.0 Å². The number of hydrogen-bond acceptors (Lipinski definition) is 5. The van der Waals surface area contributed by atoms with Gasteiger partial charge in [-0.3, -0.25) is 4.57 Å². The van der Waals surface area contributed by atoms with Crippen LogP contribution in [0.3, 0.4) is 0 Å². The molecule has 25 heavy (non-hydrogen) atoms. The largest absolute Gasteiger partial charge is 0.393 e. The molecule has 0 saturated carbocycles. The molecule has 3 N–H and O–H groups in total. The van der Waals surface area contributed by atoms with Crippen LogP contribution in [-0.4, -0.2) is 19.5 Å². The van der Waals surface area contributed by atoms with Gasteiger partial charge in [0.15, 0.2) is 11.6 Å². The normalized spacial score (nSPS) is 11.0. The van der Waals surface area contributed by atoms with Gasteiger partial charge >= 0.3 is 0 Å². The molecule has 0 saturated heterocycles. The molecule has 0 radical (unpaired) electrons. The topological polar surface area (TPSA) is 81.6 Å². The number of nitrogens with zero attached hydrogens (tertiary/aromatic N) is 4. The first-order valence-electron chi connectivity index (χ1n) is 7.38. The van der Waals surface area contributed by atoms with Gasteiger partial charge in [-0.2, -0.15) is 0 Å². The summed E-state index contributed by atoms with van der Waals surface area (Å²) in [5.74, 6) is 1.02. The van der Waals surface area contributed by atoms with Crippen LogP contribution in [0.25, 0.3) is 16.9 Å². The molecule has 0 atom stereocenters. The summed E-state index contributed by atoms with van der Waals surface area (Å²) in [6.07, 6.45) is 3.13. The Morgan fingerprint density at radius 2 is 1.80 bits per heavy atom. The third-order valence-corrected chi connectivity index (χ3v) is 4.47. The van der Waals surface area contributed by atoms with Crippen LogP contribution in [0.15, 0.2) is 55.1 Å². The Kier molecular flexibility index (Phi) is 3.91. The molecule has 2 aromatic heterocycles. The lowest BCUT2D eigenvalue weighted by atomic mass is 10.3. The molecular formula is C17H12Cl2N6. The van der Waals surface area contributed by atoms with Gasteiger partial charge in [0, 0.05) is 5.69 Å². The lowest BCUT2D eigenvalue weighted by Gasteiger charge is -2.12. The molecule has 0 aliphatic rings. The van der Waals surface area contributed by atoms with Crippen molar-refractivity contribution in [3.63, 3.8) is 0 Å². The van der Waals surface area contributed by atoms with Gasteiger partial charge in [-0.05, 0) is 30.3 Å². The number of nitrogen functional groups attached to an aromatic ring is 1.